The minimum absolute atomic E-state index is 0.0137. The zero-order chi connectivity index (χ0) is 17.7. The smallest absolute Gasteiger partial charge is 0.251 e. The van der Waals surface area contributed by atoms with Gasteiger partial charge in [-0.25, -0.2) is 4.39 Å². The van der Waals surface area contributed by atoms with E-state index in [-0.39, 0.29) is 35.4 Å². The number of rotatable bonds is 2. The second-order valence-electron chi connectivity index (χ2n) is 7.07. The van der Waals surface area contributed by atoms with Crippen LogP contribution in [0.15, 0.2) is 18.2 Å². The van der Waals surface area contributed by atoms with Crippen molar-refractivity contribution in [2.24, 2.45) is 0 Å². The minimum Gasteiger partial charge on any atom is -0.347 e. The molecule has 0 spiro atoms. The Morgan fingerprint density at radius 1 is 1.20 bits per heavy atom. The highest BCUT2D eigenvalue weighted by Crippen LogP contribution is 2.32. The van der Waals surface area contributed by atoms with Crippen LogP contribution < -0.4 is 5.32 Å². The van der Waals surface area contributed by atoms with Crippen molar-refractivity contribution in [1.29, 1.82) is 0 Å². The third-order valence-corrected chi connectivity index (χ3v) is 5.46. The topological polar surface area (TPSA) is 69.7 Å². The molecule has 3 atom stereocenters. The van der Waals surface area contributed by atoms with Crippen molar-refractivity contribution in [1.82, 2.24) is 15.1 Å². The number of hydrogen-bond acceptors (Lipinski definition) is 3. The summed E-state index contributed by atoms with van der Waals surface area (Å²) in [6.45, 7) is 2.61. The van der Waals surface area contributed by atoms with Crippen molar-refractivity contribution in [3.05, 3.63) is 35.1 Å². The Balaban J connectivity index is 1.47. The number of hydrogen-bond donors (Lipinski definition) is 1. The van der Waals surface area contributed by atoms with Gasteiger partial charge >= 0.3 is 0 Å². The fourth-order valence-electron chi connectivity index (χ4n) is 4.09. The summed E-state index contributed by atoms with van der Waals surface area (Å²) in [5.74, 6) is -0.841. The molecule has 3 heterocycles. The summed E-state index contributed by atoms with van der Waals surface area (Å²) in [7, 11) is 0. The monoisotopic (exact) mass is 345 g/mol. The van der Waals surface area contributed by atoms with Crippen molar-refractivity contribution in [2.75, 3.05) is 13.1 Å². The number of piperazine rings is 1. The van der Waals surface area contributed by atoms with Gasteiger partial charge in [0.1, 0.15) is 17.9 Å². The Morgan fingerprint density at radius 2 is 1.96 bits per heavy atom. The van der Waals surface area contributed by atoms with Crippen LogP contribution in [-0.2, 0) is 9.59 Å². The molecule has 132 valence electrons. The summed E-state index contributed by atoms with van der Waals surface area (Å²) >= 11 is 0. The first-order chi connectivity index (χ1) is 12.0. The van der Waals surface area contributed by atoms with E-state index in [0.29, 0.717) is 31.5 Å². The van der Waals surface area contributed by atoms with Crippen molar-refractivity contribution in [3.63, 3.8) is 0 Å². The van der Waals surface area contributed by atoms with Crippen molar-refractivity contribution >= 4 is 17.7 Å². The molecule has 6 nitrogen and oxygen atoms in total. The number of fused-ring (bicyclic) bond motifs is 2. The average Bonchev–Trinajstić information content (AvgIpc) is 3.22. The molecule has 7 heteroatoms. The maximum Gasteiger partial charge on any atom is 0.251 e. The number of aryl methyl sites for hydroxylation is 1. The second kappa shape index (κ2) is 5.82. The molecule has 3 saturated heterocycles. The summed E-state index contributed by atoms with van der Waals surface area (Å²) < 4.78 is 13.6. The molecular weight excluding hydrogens is 325 g/mol. The Hall–Kier alpha value is -2.44. The summed E-state index contributed by atoms with van der Waals surface area (Å²) in [4.78, 5) is 40.8. The Kier molecular flexibility index (Phi) is 3.74. The quantitative estimate of drug-likeness (QED) is 0.863. The lowest BCUT2D eigenvalue weighted by Gasteiger charge is -2.38. The molecule has 4 rings (SSSR count). The van der Waals surface area contributed by atoms with Crippen molar-refractivity contribution in [3.8, 4) is 0 Å². The van der Waals surface area contributed by atoms with Gasteiger partial charge in [-0.1, -0.05) is 6.07 Å². The molecule has 0 bridgehead atoms. The van der Waals surface area contributed by atoms with Gasteiger partial charge < -0.3 is 15.1 Å². The van der Waals surface area contributed by atoms with Crippen LogP contribution in [0.25, 0.3) is 0 Å². The number of amides is 3. The van der Waals surface area contributed by atoms with Gasteiger partial charge in [-0.05, 0) is 43.9 Å². The molecule has 25 heavy (non-hydrogen) atoms. The standard InChI is InChI=1S/C18H20FN3O3/c1-10-4-5-11(7-13(10)19)16(23)20-12-8-15-18(25)21-6-2-3-14(21)17(24)22(15)9-12/h4-5,7,12,14-15H,2-3,6,8-9H2,1H3,(H,20,23)/t12-,14+,15-/m0/s1. The maximum absolute atomic E-state index is 13.6. The highest BCUT2D eigenvalue weighted by molar-refractivity contribution is 5.98. The lowest BCUT2D eigenvalue weighted by molar-refractivity contribution is -0.156. The van der Waals surface area contributed by atoms with Crippen LogP contribution in [-0.4, -0.2) is 58.7 Å². The summed E-state index contributed by atoms with van der Waals surface area (Å²) in [6.07, 6.45) is 1.99. The first kappa shape index (κ1) is 16.1. The summed E-state index contributed by atoms with van der Waals surface area (Å²) in [6, 6.07) is 3.23. The Labute approximate surface area is 145 Å². The van der Waals surface area contributed by atoms with Crippen molar-refractivity contribution < 1.29 is 18.8 Å². The first-order valence-corrected chi connectivity index (χ1v) is 8.63. The van der Waals surface area contributed by atoms with Crippen LogP contribution in [0, 0.1) is 12.7 Å². The Morgan fingerprint density at radius 3 is 2.72 bits per heavy atom. The zero-order valence-electron chi connectivity index (χ0n) is 14.0. The number of nitrogens with zero attached hydrogens (tertiary/aromatic N) is 2. The zero-order valence-corrected chi connectivity index (χ0v) is 14.0. The van der Waals surface area contributed by atoms with Gasteiger partial charge in [-0.15, -0.1) is 0 Å². The molecule has 3 amide bonds. The molecule has 0 aromatic heterocycles. The third kappa shape index (κ3) is 2.58. The maximum atomic E-state index is 13.6. The van der Waals surface area contributed by atoms with Gasteiger partial charge in [0.05, 0.1) is 0 Å². The molecule has 3 aliphatic rings. The van der Waals surface area contributed by atoms with E-state index in [0.717, 1.165) is 6.42 Å². The van der Waals surface area contributed by atoms with Gasteiger partial charge in [0.25, 0.3) is 5.91 Å². The molecule has 1 aromatic rings. The molecule has 0 aliphatic carbocycles. The SMILES string of the molecule is Cc1ccc(C(=O)N[C@H]2C[C@H]3C(=O)N4CCC[C@@H]4C(=O)N3C2)cc1F. The van der Waals surface area contributed by atoms with Gasteiger partial charge in [0.15, 0.2) is 0 Å². The fourth-order valence-corrected chi connectivity index (χ4v) is 4.09. The number of carbonyl (C=O) groups excluding carboxylic acids is 3. The highest BCUT2D eigenvalue weighted by Gasteiger charge is 2.51. The summed E-state index contributed by atoms with van der Waals surface area (Å²) in [5.41, 5.74) is 0.720. The minimum atomic E-state index is -0.484. The first-order valence-electron chi connectivity index (χ1n) is 8.63. The fraction of sp³-hybridized carbons (Fsp3) is 0.500. The van der Waals surface area contributed by atoms with Gasteiger partial charge in [0.2, 0.25) is 11.8 Å². The predicted molar refractivity (Wildman–Crippen MR) is 87.2 cm³/mol. The van der Waals surface area contributed by atoms with E-state index in [9.17, 15) is 18.8 Å². The van der Waals surface area contributed by atoms with Crippen LogP contribution in [0.2, 0.25) is 0 Å². The second-order valence-corrected chi connectivity index (χ2v) is 7.07. The predicted octanol–water partition coefficient (Wildman–Crippen LogP) is 0.838. The van der Waals surface area contributed by atoms with E-state index < -0.39 is 11.9 Å². The highest BCUT2D eigenvalue weighted by atomic mass is 19.1. The van der Waals surface area contributed by atoms with Crippen LogP contribution in [0.4, 0.5) is 4.39 Å². The summed E-state index contributed by atoms with van der Waals surface area (Å²) in [5, 5.41) is 2.83. The van der Waals surface area contributed by atoms with E-state index in [2.05, 4.69) is 5.32 Å². The van der Waals surface area contributed by atoms with Crippen LogP contribution in [0.3, 0.4) is 0 Å². The van der Waals surface area contributed by atoms with Crippen molar-refractivity contribution in [2.45, 2.75) is 44.3 Å². The molecule has 0 saturated carbocycles. The van der Waals surface area contributed by atoms with Crippen LogP contribution >= 0.6 is 0 Å². The van der Waals surface area contributed by atoms with E-state index >= 15 is 0 Å². The number of nitrogens with one attached hydrogen (secondary N) is 1. The van der Waals surface area contributed by atoms with Crippen LogP contribution in [0.1, 0.15) is 35.2 Å². The van der Waals surface area contributed by atoms with E-state index in [1.54, 1.807) is 28.9 Å². The molecular formula is C18H20FN3O3. The largest absolute Gasteiger partial charge is 0.347 e. The van der Waals surface area contributed by atoms with Gasteiger partial charge in [-0.2, -0.15) is 0 Å². The molecule has 1 aromatic carbocycles. The molecule has 3 aliphatic heterocycles. The molecule has 0 unspecified atom stereocenters. The van der Waals surface area contributed by atoms with E-state index in [1.165, 1.54) is 6.07 Å². The molecule has 3 fully saturated rings. The van der Waals surface area contributed by atoms with Crippen LogP contribution in [0.5, 0.6) is 0 Å². The number of carbonyl (C=O) groups is 3. The normalized spacial score (nSPS) is 28.2. The lowest BCUT2D eigenvalue weighted by Crippen LogP contribution is -2.60. The van der Waals surface area contributed by atoms with Gasteiger partial charge in [0, 0.05) is 24.7 Å². The molecule has 0 radical (unpaired) electrons. The van der Waals surface area contributed by atoms with E-state index in [4.69, 9.17) is 0 Å². The lowest BCUT2D eigenvalue weighted by atomic mass is 10.1. The van der Waals surface area contributed by atoms with Gasteiger partial charge in [-0.3, -0.25) is 14.4 Å². The Bertz CT molecular complexity index is 736. The molecule has 1 N–H and O–H groups in total. The van der Waals surface area contributed by atoms with E-state index in [1.807, 2.05) is 0 Å². The number of halogens is 1. The number of benzene rings is 1. The third-order valence-electron chi connectivity index (χ3n) is 5.46. The average molecular weight is 345 g/mol.